The Morgan fingerprint density at radius 1 is 1.22 bits per heavy atom. The molecule has 0 saturated heterocycles. The van der Waals surface area contributed by atoms with E-state index in [-0.39, 0.29) is 5.82 Å². The first-order chi connectivity index (χ1) is 8.63. The monoisotopic (exact) mass is 246 g/mol. The molecule has 0 aliphatic heterocycles. The molecule has 0 atom stereocenters. The second kappa shape index (κ2) is 5.55. The molecule has 0 aliphatic carbocycles. The van der Waals surface area contributed by atoms with Crippen LogP contribution >= 0.6 is 0 Å². The lowest BCUT2D eigenvalue weighted by molar-refractivity contribution is 0.314. The molecule has 0 amide bonds. The summed E-state index contributed by atoms with van der Waals surface area (Å²) in [6, 6.07) is 6.58. The maximum Gasteiger partial charge on any atom is 0.141 e. The van der Waals surface area contributed by atoms with Gasteiger partial charge in [-0.15, -0.1) is 0 Å². The molecule has 1 aromatic heterocycles. The van der Waals surface area contributed by atoms with Gasteiger partial charge in [0.15, 0.2) is 0 Å². The summed E-state index contributed by atoms with van der Waals surface area (Å²) in [5.74, 6) is 0.194. The second-order valence-corrected chi connectivity index (χ2v) is 4.23. The summed E-state index contributed by atoms with van der Waals surface area (Å²) in [5.41, 5.74) is 7.24. The normalized spacial score (nSPS) is 10.8. The average molecular weight is 246 g/mol. The zero-order valence-corrected chi connectivity index (χ0v) is 10.2. The number of benzene rings is 1. The van der Waals surface area contributed by atoms with Gasteiger partial charge in [0.1, 0.15) is 11.6 Å². The van der Waals surface area contributed by atoms with Crippen LogP contribution in [0.1, 0.15) is 11.3 Å². The van der Waals surface area contributed by atoms with Crippen molar-refractivity contribution in [2.45, 2.75) is 13.1 Å². The predicted octanol–water partition coefficient (Wildman–Crippen LogP) is 1.83. The molecule has 2 aromatic rings. The SMILES string of the molecule is CN(Cc1cccc(F)c1)Cc1cnc(N)cn1. The van der Waals surface area contributed by atoms with Crippen molar-refractivity contribution >= 4 is 5.82 Å². The van der Waals surface area contributed by atoms with E-state index >= 15 is 0 Å². The fraction of sp³-hybridized carbons (Fsp3) is 0.231. The molecule has 0 spiro atoms. The molecular weight excluding hydrogens is 231 g/mol. The van der Waals surface area contributed by atoms with Crippen LogP contribution < -0.4 is 5.73 Å². The van der Waals surface area contributed by atoms with Crippen molar-refractivity contribution in [3.05, 3.63) is 53.7 Å². The van der Waals surface area contributed by atoms with Gasteiger partial charge in [0.25, 0.3) is 0 Å². The number of rotatable bonds is 4. The lowest BCUT2D eigenvalue weighted by atomic mass is 10.2. The van der Waals surface area contributed by atoms with E-state index in [1.165, 1.54) is 18.3 Å². The fourth-order valence-electron chi connectivity index (χ4n) is 1.73. The summed E-state index contributed by atoms with van der Waals surface area (Å²) in [6.45, 7) is 1.30. The standard InChI is InChI=1S/C13H15FN4/c1-18(8-10-3-2-4-11(14)5-10)9-12-6-17-13(15)7-16-12/h2-7H,8-9H2,1H3,(H2,15,17). The Kier molecular flexibility index (Phi) is 3.84. The van der Waals surface area contributed by atoms with Crippen molar-refractivity contribution in [1.82, 2.24) is 14.9 Å². The minimum absolute atomic E-state index is 0.215. The van der Waals surface area contributed by atoms with Crippen LogP contribution in [0.4, 0.5) is 10.2 Å². The Balaban J connectivity index is 1.96. The molecule has 0 bridgehead atoms. The van der Waals surface area contributed by atoms with Gasteiger partial charge in [-0.1, -0.05) is 12.1 Å². The van der Waals surface area contributed by atoms with Crippen molar-refractivity contribution in [3.8, 4) is 0 Å². The topological polar surface area (TPSA) is 55.0 Å². The van der Waals surface area contributed by atoms with E-state index in [4.69, 9.17) is 5.73 Å². The van der Waals surface area contributed by atoms with E-state index in [1.807, 2.05) is 18.0 Å². The Morgan fingerprint density at radius 2 is 2.06 bits per heavy atom. The van der Waals surface area contributed by atoms with Crippen molar-refractivity contribution in [2.75, 3.05) is 12.8 Å². The van der Waals surface area contributed by atoms with Crippen LogP contribution in [0.25, 0.3) is 0 Å². The maximum atomic E-state index is 13.0. The Hall–Kier alpha value is -2.01. The summed E-state index contributed by atoms with van der Waals surface area (Å²) in [7, 11) is 1.95. The molecule has 4 nitrogen and oxygen atoms in total. The highest BCUT2D eigenvalue weighted by Gasteiger charge is 2.04. The van der Waals surface area contributed by atoms with Crippen LogP contribution in [-0.2, 0) is 13.1 Å². The summed E-state index contributed by atoms with van der Waals surface area (Å²) < 4.78 is 13.0. The van der Waals surface area contributed by atoms with Gasteiger partial charge in [0, 0.05) is 13.1 Å². The van der Waals surface area contributed by atoms with Gasteiger partial charge in [-0.3, -0.25) is 9.88 Å². The highest BCUT2D eigenvalue weighted by atomic mass is 19.1. The molecule has 94 valence electrons. The van der Waals surface area contributed by atoms with Crippen LogP contribution in [0.3, 0.4) is 0 Å². The number of nitrogens with zero attached hydrogens (tertiary/aromatic N) is 3. The summed E-state index contributed by atoms with van der Waals surface area (Å²) in [4.78, 5) is 10.2. The van der Waals surface area contributed by atoms with Crippen LogP contribution in [0.15, 0.2) is 36.7 Å². The van der Waals surface area contributed by atoms with E-state index in [2.05, 4.69) is 9.97 Å². The lowest BCUT2D eigenvalue weighted by Gasteiger charge is -2.16. The van der Waals surface area contributed by atoms with Gasteiger partial charge in [0.05, 0.1) is 18.1 Å². The molecular formula is C13H15FN4. The number of nitrogens with two attached hydrogens (primary N) is 1. The summed E-state index contributed by atoms with van der Waals surface area (Å²) in [5, 5.41) is 0. The quantitative estimate of drug-likeness (QED) is 0.894. The minimum Gasteiger partial charge on any atom is -0.382 e. The molecule has 1 heterocycles. The van der Waals surface area contributed by atoms with Gasteiger partial charge in [0.2, 0.25) is 0 Å². The number of halogens is 1. The lowest BCUT2D eigenvalue weighted by Crippen LogP contribution is -2.18. The van der Waals surface area contributed by atoms with Gasteiger partial charge >= 0.3 is 0 Å². The molecule has 0 unspecified atom stereocenters. The highest BCUT2D eigenvalue weighted by molar-refractivity contribution is 5.22. The molecule has 0 saturated carbocycles. The Morgan fingerprint density at radius 3 is 2.72 bits per heavy atom. The van der Waals surface area contributed by atoms with Gasteiger partial charge in [-0.25, -0.2) is 9.37 Å². The fourth-order valence-corrected chi connectivity index (χ4v) is 1.73. The first-order valence-electron chi connectivity index (χ1n) is 5.63. The van der Waals surface area contributed by atoms with E-state index in [9.17, 15) is 4.39 Å². The van der Waals surface area contributed by atoms with Crippen molar-refractivity contribution in [1.29, 1.82) is 0 Å². The van der Waals surface area contributed by atoms with Gasteiger partial charge in [-0.05, 0) is 24.7 Å². The summed E-state index contributed by atoms with van der Waals surface area (Å²) >= 11 is 0. The van der Waals surface area contributed by atoms with E-state index in [0.29, 0.717) is 18.9 Å². The molecule has 0 aliphatic rings. The Bertz CT molecular complexity index is 513. The number of aromatic nitrogens is 2. The maximum absolute atomic E-state index is 13.0. The average Bonchev–Trinajstić information content (AvgIpc) is 2.32. The van der Waals surface area contributed by atoms with Crippen LogP contribution in [0, 0.1) is 5.82 Å². The van der Waals surface area contributed by atoms with Gasteiger partial charge < -0.3 is 5.73 Å². The second-order valence-electron chi connectivity index (χ2n) is 4.23. The van der Waals surface area contributed by atoms with Crippen LogP contribution in [-0.4, -0.2) is 21.9 Å². The third-order valence-electron chi connectivity index (χ3n) is 2.50. The smallest absolute Gasteiger partial charge is 0.141 e. The number of nitrogen functional groups attached to an aromatic ring is 1. The number of hydrogen-bond donors (Lipinski definition) is 1. The third-order valence-corrected chi connectivity index (χ3v) is 2.50. The number of anilines is 1. The summed E-state index contributed by atoms with van der Waals surface area (Å²) in [6.07, 6.45) is 3.18. The predicted molar refractivity (Wildman–Crippen MR) is 68.0 cm³/mol. The zero-order chi connectivity index (χ0) is 13.0. The molecule has 5 heteroatoms. The Labute approximate surface area is 105 Å². The number of hydrogen-bond acceptors (Lipinski definition) is 4. The van der Waals surface area contributed by atoms with Crippen LogP contribution in [0.5, 0.6) is 0 Å². The highest BCUT2D eigenvalue weighted by Crippen LogP contribution is 2.08. The minimum atomic E-state index is -0.215. The molecule has 2 rings (SSSR count). The largest absolute Gasteiger partial charge is 0.382 e. The van der Waals surface area contributed by atoms with Crippen molar-refractivity contribution in [2.24, 2.45) is 0 Å². The molecule has 0 radical (unpaired) electrons. The van der Waals surface area contributed by atoms with Gasteiger partial charge in [-0.2, -0.15) is 0 Å². The van der Waals surface area contributed by atoms with Crippen molar-refractivity contribution < 1.29 is 4.39 Å². The van der Waals surface area contributed by atoms with Crippen molar-refractivity contribution in [3.63, 3.8) is 0 Å². The third kappa shape index (κ3) is 3.49. The van der Waals surface area contributed by atoms with E-state index in [0.717, 1.165) is 11.3 Å². The van der Waals surface area contributed by atoms with E-state index < -0.39 is 0 Å². The molecule has 2 N–H and O–H groups in total. The zero-order valence-electron chi connectivity index (χ0n) is 10.2. The van der Waals surface area contributed by atoms with E-state index in [1.54, 1.807) is 12.3 Å². The first kappa shape index (κ1) is 12.4. The molecule has 0 fully saturated rings. The molecule has 1 aromatic carbocycles. The first-order valence-corrected chi connectivity index (χ1v) is 5.63. The van der Waals surface area contributed by atoms with Crippen LogP contribution in [0.2, 0.25) is 0 Å². The molecule has 18 heavy (non-hydrogen) atoms.